The first-order chi connectivity index (χ1) is 10.9. The van der Waals surface area contributed by atoms with Crippen molar-refractivity contribution in [1.82, 2.24) is 0 Å². The maximum absolute atomic E-state index is 11.1. The summed E-state index contributed by atoms with van der Waals surface area (Å²) in [6, 6.07) is 0. The van der Waals surface area contributed by atoms with E-state index in [0.29, 0.717) is 34.5 Å². The van der Waals surface area contributed by atoms with Gasteiger partial charge in [-0.15, -0.1) is 0 Å². The van der Waals surface area contributed by atoms with Gasteiger partial charge < -0.3 is 10.2 Å². The van der Waals surface area contributed by atoms with Gasteiger partial charge in [0.25, 0.3) is 0 Å². The Bertz CT molecular complexity index is 512. The minimum Gasteiger partial charge on any atom is -0.393 e. The van der Waals surface area contributed by atoms with Crippen LogP contribution >= 0.6 is 0 Å². The van der Waals surface area contributed by atoms with Crippen molar-refractivity contribution in [3.63, 3.8) is 0 Å². The third-order valence-electron chi connectivity index (χ3n) is 8.85. The topological polar surface area (TPSA) is 40.5 Å². The standard InChI is InChI=1S/C21H34O2/c1-4-13-5-6-16-19-17(8-10-20(13,16)2)21(3)9-7-15(22)11-14(21)12-18(19)23/h4,14-19,22-23H,5-12H2,1-3H3/b13-4-/t14-,15+,16-,17-,18+,19-,20+,21-/m1/s1. The summed E-state index contributed by atoms with van der Waals surface area (Å²) < 4.78 is 0. The van der Waals surface area contributed by atoms with Gasteiger partial charge in [0.1, 0.15) is 0 Å². The highest BCUT2D eigenvalue weighted by Gasteiger charge is 2.61. The van der Waals surface area contributed by atoms with Gasteiger partial charge in [-0.3, -0.25) is 0 Å². The number of fused-ring (bicyclic) bond motifs is 5. The van der Waals surface area contributed by atoms with E-state index < -0.39 is 0 Å². The van der Waals surface area contributed by atoms with Crippen molar-refractivity contribution in [1.29, 1.82) is 0 Å². The van der Waals surface area contributed by atoms with Crippen molar-refractivity contribution in [2.75, 3.05) is 0 Å². The van der Waals surface area contributed by atoms with Crippen molar-refractivity contribution in [3.05, 3.63) is 11.6 Å². The number of aliphatic hydroxyl groups is 2. The van der Waals surface area contributed by atoms with Crippen LogP contribution in [0.2, 0.25) is 0 Å². The Morgan fingerprint density at radius 1 is 1.00 bits per heavy atom. The van der Waals surface area contributed by atoms with Gasteiger partial charge in [-0.25, -0.2) is 0 Å². The Labute approximate surface area is 141 Å². The van der Waals surface area contributed by atoms with Crippen molar-refractivity contribution in [3.8, 4) is 0 Å². The number of allylic oxidation sites excluding steroid dienone is 2. The molecule has 0 aromatic carbocycles. The summed E-state index contributed by atoms with van der Waals surface area (Å²) in [5.74, 6) is 2.35. The van der Waals surface area contributed by atoms with E-state index in [4.69, 9.17) is 0 Å². The molecule has 0 bridgehead atoms. The van der Waals surface area contributed by atoms with Crippen LogP contribution in [-0.2, 0) is 0 Å². The predicted molar refractivity (Wildman–Crippen MR) is 92.9 cm³/mol. The van der Waals surface area contributed by atoms with Crippen LogP contribution in [0.3, 0.4) is 0 Å². The SMILES string of the molecule is C/C=C1/CC[C@@H]2[C@@H]3[C@@H](CC[C@@]12C)[C@]1(C)CC[C@H](O)C[C@@H]1C[C@@H]3O. The second kappa shape index (κ2) is 5.33. The summed E-state index contributed by atoms with van der Waals surface area (Å²) in [5, 5.41) is 21.2. The molecule has 0 saturated heterocycles. The van der Waals surface area contributed by atoms with E-state index in [2.05, 4.69) is 26.8 Å². The van der Waals surface area contributed by atoms with Crippen molar-refractivity contribution in [2.45, 2.75) is 84.3 Å². The van der Waals surface area contributed by atoms with Crippen molar-refractivity contribution in [2.24, 2.45) is 34.5 Å². The number of hydrogen-bond donors (Lipinski definition) is 2. The van der Waals surface area contributed by atoms with E-state index >= 15 is 0 Å². The molecule has 0 aromatic heterocycles. The second-order valence-corrected chi connectivity index (χ2v) is 9.53. The van der Waals surface area contributed by atoms with Gasteiger partial charge in [-0.1, -0.05) is 25.5 Å². The van der Waals surface area contributed by atoms with Gasteiger partial charge in [-0.05, 0) is 92.8 Å². The molecule has 4 saturated carbocycles. The first-order valence-electron chi connectivity index (χ1n) is 9.92. The van der Waals surface area contributed by atoms with Crippen molar-refractivity contribution < 1.29 is 10.2 Å². The van der Waals surface area contributed by atoms with Gasteiger partial charge in [0, 0.05) is 0 Å². The lowest BCUT2D eigenvalue weighted by atomic mass is 9.44. The normalized spacial score (nSPS) is 57.7. The van der Waals surface area contributed by atoms with Crippen LogP contribution in [0.25, 0.3) is 0 Å². The summed E-state index contributed by atoms with van der Waals surface area (Å²) in [6.07, 6.45) is 11.1. The zero-order chi connectivity index (χ0) is 16.4. The van der Waals surface area contributed by atoms with Crippen LogP contribution in [0.4, 0.5) is 0 Å². The third kappa shape index (κ3) is 2.13. The highest BCUT2D eigenvalue weighted by Crippen LogP contribution is 2.67. The van der Waals surface area contributed by atoms with Crippen molar-refractivity contribution >= 4 is 0 Å². The molecular weight excluding hydrogens is 284 g/mol. The predicted octanol–water partition coefficient (Wildman–Crippen LogP) is 4.31. The van der Waals surface area contributed by atoms with Gasteiger partial charge in [0.15, 0.2) is 0 Å². The molecule has 4 rings (SSSR count). The largest absolute Gasteiger partial charge is 0.393 e. The molecule has 23 heavy (non-hydrogen) atoms. The third-order valence-corrected chi connectivity index (χ3v) is 8.85. The monoisotopic (exact) mass is 318 g/mol. The average molecular weight is 319 g/mol. The van der Waals surface area contributed by atoms with E-state index in [1.807, 2.05) is 0 Å². The molecule has 4 fully saturated rings. The second-order valence-electron chi connectivity index (χ2n) is 9.53. The van der Waals surface area contributed by atoms with Crippen LogP contribution in [-0.4, -0.2) is 22.4 Å². The maximum Gasteiger partial charge on any atom is 0.0577 e. The van der Waals surface area contributed by atoms with E-state index in [0.717, 1.165) is 25.7 Å². The summed E-state index contributed by atoms with van der Waals surface area (Å²) >= 11 is 0. The fourth-order valence-corrected chi connectivity index (χ4v) is 7.52. The number of aliphatic hydroxyl groups excluding tert-OH is 2. The first kappa shape index (κ1) is 16.1. The molecular formula is C21H34O2. The lowest BCUT2D eigenvalue weighted by Gasteiger charge is -2.61. The number of rotatable bonds is 0. The lowest BCUT2D eigenvalue weighted by molar-refractivity contribution is -0.164. The molecule has 0 unspecified atom stereocenters. The van der Waals surface area contributed by atoms with Gasteiger partial charge in [0.05, 0.1) is 12.2 Å². The Morgan fingerprint density at radius 3 is 2.52 bits per heavy atom. The van der Waals surface area contributed by atoms with Gasteiger partial charge in [-0.2, -0.15) is 0 Å². The van der Waals surface area contributed by atoms with E-state index in [1.165, 1.54) is 25.7 Å². The summed E-state index contributed by atoms with van der Waals surface area (Å²) in [6.45, 7) is 7.16. The molecule has 0 aliphatic heterocycles. The Kier molecular flexibility index (Phi) is 3.74. The fraction of sp³-hybridized carbons (Fsp3) is 0.905. The molecule has 4 aliphatic rings. The van der Waals surface area contributed by atoms with Gasteiger partial charge >= 0.3 is 0 Å². The van der Waals surface area contributed by atoms with Crippen LogP contribution in [0.15, 0.2) is 11.6 Å². The van der Waals surface area contributed by atoms with Crippen LogP contribution < -0.4 is 0 Å². The minimum atomic E-state index is -0.149. The minimum absolute atomic E-state index is 0.133. The summed E-state index contributed by atoms with van der Waals surface area (Å²) in [5.41, 5.74) is 2.34. The Morgan fingerprint density at radius 2 is 1.78 bits per heavy atom. The molecule has 0 aromatic rings. The zero-order valence-electron chi connectivity index (χ0n) is 15.1. The summed E-state index contributed by atoms with van der Waals surface area (Å²) in [7, 11) is 0. The van der Waals surface area contributed by atoms with Crippen LogP contribution in [0.5, 0.6) is 0 Å². The van der Waals surface area contributed by atoms with Crippen LogP contribution in [0, 0.1) is 34.5 Å². The summed E-state index contributed by atoms with van der Waals surface area (Å²) in [4.78, 5) is 0. The smallest absolute Gasteiger partial charge is 0.0577 e. The van der Waals surface area contributed by atoms with Crippen LogP contribution in [0.1, 0.15) is 72.1 Å². The molecule has 2 nitrogen and oxygen atoms in total. The lowest BCUT2D eigenvalue weighted by Crippen LogP contribution is -2.58. The molecule has 8 atom stereocenters. The van der Waals surface area contributed by atoms with E-state index in [1.54, 1.807) is 5.57 Å². The number of hydrogen-bond acceptors (Lipinski definition) is 2. The first-order valence-corrected chi connectivity index (χ1v) is 9.92. The average Bonchev–Trinajstić information content (AvgIpc) is 2.85. The molecule has 2 heteroatoms. The van der Waals surface area contributed by atoms with E-state index in [9.17, 15) is 10.2 Å². The fourth-order valence-electron chi connectivity index (χ4n) is 7.52. The molecule has 0 spiro atoms. The van der Waals surface area contributed by atoms with Gasteiger partial charge in [0.2, 0.25) is 0 Å². The molecule has 0 heterocycles. The molecule has 0 radical (unpaired) electrons. The Hall–Kier alpha value is -0.340. The molecule has 0 amide bonds. The highest BCUT2D eigenvalue weighted by molar-refractivity contribution is 5.24. The Balaban J connectivity index is 1.68. The molecule has 130 valence electrons. The van der Waals surface area contributed by atoms with E-state index in [-0.39, 0.29) is 12.2 Å². The highest BCUT2D eigenvalue weighted by atomic mass is 16.3. The molecule has 4 aliphatic carbocycles. The zero-order valence-corrected chi connectivity index (χ0v) is 15.1. The molecule has 2 N–H and O–H groups in total. The maximum atomic E-state index is 11.1. The quantitative estimate of drug-likeness (QED) is 0.654.